The summed E-state index contributed by atoms with van der Waals surface area (Å²) in [5.41, 5.74) is 0.947. The van der Waals surface area contributed by atoms with E-state index in [9.17, 15) is 22.4 Å². The summed E-state index contributed by atoms with van der Waals surface area (Å²) < 4.78 is 64.1. The topological polar surface area (TPSA) is 60.4 Å². The van der Waals surface area contributed by atoms with Crippen LogP contribution in [0.15, 0.2) is 71.9 Å². The van der Waals surface area contributed by atoms with Gasteiger partial charge >= 0.3 is 6.18 Å². The van der Waals surface area contributed by atoms with Crippen LogP contribution < -0.4 is 9.47 Å². The van der Waals surface area contributed by atoms with E-state index in [1.165, 1.54) is 35.2 Å². The third-order valence-corrected chi connectivity index (χ3v) is 5.85. The van der Waals surface area contributed by atoms with Gasteiger partial charge in [-0.05, 0) is 54.1 Å². The molecule has 36 heavy (non-hydrogen) atoms. The lowest BCUT2D eigenvalue weighted by Crippen LogP contribution is -2.37. The highest BCUT2D eigenvalue weighted by Gasteiger charge is 2.32. The number of amides is 1. The Hall–Kier alpha value is -4.08. The SMILES string of the molecule is O=C(c1cccc(F)c1)N(Cc1cccc(C(F)(F)F)c1)CC1CC(c2ccc3c(c2)OCO3)=NO1. The van der Waals surface area contributed by atoms with E-state index in [-0.39, 0.29) is 31.0 Å². The van der Waals surface area contributed by atoms with E-state index in [1.54, 1.807) is 12.1 Å². The van der Waals surface area contributed by atoms with Gasteiger partial charge in [0.25, 0.3) is 5.91 Å². The zero-order valence-electron chi connectivity index (χ0n) is 18.8. The molecule has 5 rings (SSSR count). The van der Waals surface area contributed by atoms with E-state index in [2.05, 4.69) is 5.16 Å². The molecule has 0 saturated carbocycles. The van der Waals surface area contributed by atoms with Crippen molar-refractivity contribution in [2.45, 2.75) is 25.2 Å². The molecule has 2 heterocycles. The van der Waals surface area contributed by atoms with Crippen LogP contribution in [-0.4, -0.2) is 36.0 Å². The van der Waals surface area contributed by atoms with Gasteiger partial charge in [0.15, 0.2) is 17.6 Å². The highest BCUT2D eigenvalue weighted by molar-refractivity contribution is 6.02. The lowest BCUT2D eigenvalue weighted by molar-refractivity contribution is -0.137. The number of fused-ring (bicyclic) bond motifs is 1. The van der Waals surface area contributed by atoms with E-state index < -0.39 is 29.6 Å². The number of halogens is 4. The van der Waals surface area contributed by atoms with Gasteiger partial charge in [0.05, 0.1) is 17.8 Å². The first kappa shape index (κ1) is 23.7. The number of rotatable bonds is 6. The van der Waals surface area contributed by atoms with Crippen molar-refractivity contribution >= 4 is 11.6 Å². The van der Waals surface area contributed by atoms with Gasteiger partial charge in [-0.2, -0.15) is 13.2 Å². The first-order valence-corrected chi connectivity index (χ1v) is 11.1. The maximum atomic E-state index is 13.8. The maximum Gasteiger partial charge on any atom is 0.416 e. The van der Waals surface area contributed by atoms with Crippen molar-refractivity contribution in [1.82, 2.24) is 4.90 Å². The maximum absolute atomic E-state index is 13.8. The highest BCUT2D eigenvalue weighted by atomic mass is 19.4. The minimum atomic E-state index is -4.52. The number of hydrogen-bond acceptors (Lipinski definition) is 5. The average Bonchev–Trinajstić information content (AvgIpc) is 3.52. The summed E-state index contributed by atoms with van der Waals surface area (Å²) in [7, 11) is 0. The molecule has 0 spiro atoms. The number of carbonyl (C=O) groups excluding carboxylic acids is 1. The van der Waals surface area contributed by atoms with Gasteiger partial charge in [0.1, 0.15) is 5.82 Å². The molecule has 1 amide bonds. The molecule has 0 radical (unpaired) electrons. The van der Waals surface area contributed by atoms with E-state index in [1.807, 2.05) is 6.07 Å². The van der Waals surface area contributed by atoms with Crippen LogP contribution in [0.3, 0.4) is 0 Å². The van der Waals surface area contributed by atoms with Gasteiger partial charge in [0, 0.05) is 24.1 Å². The number of hydrogen-bond donors (Lipinski definition) is 0. The molecule has 0 aromatic heterocycles. The number of nitrogens with zero attached hydrogens (tertiary/aromatic N) is 2. The summed E-state index contributed by atoms with van der Waals surface area (Å²) in [6.45, 7) is 0.0404. The van der Waals surface area contributed by atoms with Crippen molar-refractivity contribution in [3.8, 4) is 11.5 Å². The van der Waals surface area contributed by atoms with Gasteiger partial charge < -0.3 is 19.2 Å². The number of alkyl halides is 3. The van der Waals surface area contributed by atoms with Crippen molar-refractivity contribution in [2.75, 3.05) is 13.3 Å². The van der Waals surface area contributed by atoms with E-state index in [4.69, 9.17) is 14.3 Å². The second-order valence-corrected chi connectivity index (χ2v) is 8.43. The van der Waals surface area contributed by atoms with Crippen LogP contribution in [0.1, 0.15) is 33.5 Å². The molecule has 0 bridgehead atoms. The van der Waals surface area contributed by atoms with Crippen molar-refractivity contribution in [1.29, 1.82) is 0 Å². The number of oxime groups is 1. The van der Waals surface area contributed by atoms with Gasteiger partial charge in [0.2, 0.25) is 6.79 Å². The summed E-state index contributed by atoms with van der Waals surface area (Å²) in [5, 5.41) is 4.14. The molecular weight excluding hydrogens is 480 g/mol. The Labute approximate surface area is 203 Å². The van der Waals surface area contributed by atoms with E-state index >= 15 is 0 Å². The summed E-state index contributed by atoms with van der Waals surface area (Å²) in [5.74, 6) is 0.0892. The third-order valence-electron chi connectivity index (χ3n) is 5.85. The lowest BCUT2D eigenvalue weighted by atomic mass is 10.0. The fourth-order valence-electron chi connectivity index (χ4n) is 4.11. The smallest absolute Gasteiger partial charge is 0.416 e. The van der Waals surface area contributed by atoms with Crippen molar-refractivity contribution in [2.24, 2.45) is 5.16 Å². The first-order chi connectivity index (χ1) is 17.3. The molecule has 2 aliphatic heterocycles. The molecule has 0 N–H and O–H groups in total. The van der Waals surface area contributed by atoms with Crippen molar-refractivity contribution < 1.29 is 36.7 Å². The molecule has 186 valence electrons. The standard InChI is InChI=1S/C26H20F4N2O4/c27-20-6-2-4-18(10-20)25(33)32(13-16-3-1-5-19(9-16)26(28,29)30)14-21-12-22(31-36-21)17-7-8-23-24(11-17)35-15-34-23/h1-11,21H,12-15H2. The molecule has 10 heteroatoms. The summed E-state index contributed by atoms with van der Waals surface area (Å²) >= 11 is 0. The fourth-order valence-corrected chi connectivity index (χ4v) is 4.11. The van der Waals surface area contributed by atoms with Crippen LogP contribution in [-0.2, 0) is 17.6 Å². The molecule has 3 aromatic carbocycles. The molecular formula is C26H20F4N2O4. The second kappa shape index (κ2) is 9.52. The first-order valence-electron chi connectivity index (χ1n) is 11.1. The molecule has 0 saturated heterocycles. The van der Waals surface area contributed by atoms with Crippen molar-refractivity contribution in [3.05, 3.63) is 94.8 Å². The lowest BCUT2D eigenvalue weighted by Gasteiger charge is -2.25. The summed E-state index contributed by atoms with van der Waals surface area (Å²) in [4.78, 5) is 20.2. The minimum Gasteiger partial charge on any atom is -0.454 e. The molecule has 0 fully saturated rings. The van der Waals surface area contributed by atoms with Crippen LogP contribution in [0.4, 0.5) is 17.6 Å². The molecule has 0 aliphatic carbocycles. The molecule has 2 aliphatic rings. The number of benzene rings is 3. The Morgan fingerprint density at radius 3 is 2.61 bits per heavy atom. The Morgan fingerprint density at radius 1 is 1.00 bits per heavy atom. The van der Waals surface area contributed by atoms with E-state index in [0.29, 0.717) is 23.6 Å². The van der Waals surface area contributed by atoms with Gasteiger partial charge in [-0.3, -0.25) is 4.79 Å². The quantitative estimate of drug-likeness (QED) is 0.425. The van der Waals surface area contributed by atoms with Crippen molar-refractivity contribution in [3.63, 3.8) is 0 Å². The highest BCUT2D eigenvalue weighted by Crippen LogP contribution is 2.34. The van der Waals surface area contributed by atoms with Gasteiger partial charge in [-0.25, -0.2) is 4.39 Å². The second-order valence-electron chi connectivity index (χ2n) is 8.43. The largest absolute Gasteiger partial charge is 0.454 e. The Balaban J connectivity index is 1.35. The third kappa shape index (κ3) is 5.12. The van der Waals surface area contributed by atoms with Crippen LogP contribution in [0.5, 0.6) is 11.5 Å². The predicted octanol–water partition coefficient (Wildman–Crippen LogP) is 5.41. The van der Waals surface area contributed by atoms with Crippen LogP contribution in [0.2, 0.25) is 0 Å². The average molecular weight is 500 g/mol. The normalized spacial score (nSPS) is 16.4. The molecule has 1 atom stereocenters. The van der Waals surface area contributed by atoms with Crippen LogP contribution in [0, 0.1) is 5.82 Å². The Morgan fingerprint density at radius 2 is 1.81 bits per heavy atom. The zero-order chi connectivity index (χ0) is 25.3. The van der Waals surface area contributed by atoms with Gasteiger partial charge in [-0.1, -0.05) is 23.4 Å². The molecule has 1 unspecified atom stereocenters. The molecule has 3 aromatic rings. The van der Waals surface area contributed by atoms with Crippen LogP contribution in [0.25, 0.3) is 0 Å². The van der Waals surface area contributed by atoms with Gasteiger partial charge in [-0.15, -0.1) is 0 Å². The fraction of sp³-hybridized carbons (Fsp3) is 0.231. The molecule has 6 nitrogen and oxygen atoms in total. The Bertz CT molecular complexity index is 1330. The Kier molecular flexibility index (Phi) is 6.26. The zero-order valence-corrected chi connectivity index (χ0v) is 18.8. The summed E-state index contributed by atoms with van der Waals surface area (Å²) in [6.07, 6.45) is -4.71. The van der Waals surface area contributed by atoms with E-state index in [0.717, 1.165) is 23.8 Å². The predicted molar refractivity (Wildman–Crippen MR) is 121 cm³/mol. The monoisotopic (exact) mass is 500 g/mol. The number of ether oxygens (including phenoxy) is 2. The number of carbonyl (C=O) groups is 1. The summed E-state index contributed by atoms with van der Waals surface area (Å²) in [6, 6.07) is 15.3. The van der Waals surface area contributed by atoms with Crippen LogP contribution >= 0.6 is 0 Å². The minimum absolute atomic E-state index is 0.0309.